The van der Waals surface area contributed by atoms with Gasteiger partial charge in [-0.3, -0.25) is 4.79 Å². The first-order valence-corrected chi connectivity index (χ1v) is 7.52. The third kappa shape index (κ3) is 3.67. The highest BCUT2D eigenvalue weighted by Crippen LogP contribution is 2.24. The Morgan fingerprint density at radius 3 is 2.64 bits per heavy atom. The number of carbonyl (C=O) groups excluding carboxylic acids is 1. The number of ether oxygens (including phenoxy) is 1. The lowest BCUT2D eigenvalue weighted by molar-refractivity contribution is -0.121. The molecule has 0 spiro atoms. The third-order valence-electron chi connectivity index (χ3n) is 3.89. The lowest BCUT2D eigenvalue weighted by atomic mass is 9.95. The fourth-order valence-corrected chi connectivity index (χ4v) is 2.46. The number of likely N-dealkylation sites (N-methyl/N-ethyl adjacent to an activating group) is 1. The monoisotopic (exact) mass is 297 g/mol. The second-order valence-electron chi connectivity index (χ2n) is 5.59. The summed E-state index contributed by atoms with van der Waals surface area (Å²) in [5.41, 5.74) is 4.33. The van der Waals surface area contributed by atoms with Gasteiger partial charge in [-0.1, -0.05) is 36.4 Å². The highest BCUT2D eigenvalue weighted by atomic mass is 16.5. The fourth-order valence-electron chi connectivity index (χ4n) is 2.46. The van der Waals surface area contributed by atoms with Crippen LogP contribution in [-0.2, 0) is 11.4 Å². The van der Waals surface area contributed by atoms with Crippen LogP contribution in [0.15, 0.2) is 42.5 Å². The molecule has 0 bridgehead atoms. The van der Waals surface area contributed by atoms with Crippen LogP contribution in [0, 0.1) is 13.8 Å². The van der Waals surface area contributed by atoms with Gasteiger partial charge in [0.1, 0.15) is 12.4 Å². The average molecular weight is 297 g/mol. The van der Waals surface area contributed by atoms with E-state index in [1.165, 1.54) is 5.56 Å². The lowest BCUT2D eigenvalue weighted by Crippen LogP contribution is -2.24. The van der Waals surface area contributed by atoms with E-state index in [4.69, 9.17) is 4.74 Å². The van der Waals surface area contributed by atoms with Gasteiger partial charge in [-0.25, -0.2) is 0 Å². The minimum Gasteiger partial charge on any atom is -0.489 e. The van der Waals surface area contributed by atoms with Crippen molar-refractivity contribution in [3.8, 4) is 5.75 Å². The largest absolute Gasteiger partial charge is 0.489 e. The van der Waals surface area contributed by atoms with Crippen LogP contribution in [0.3, 0.4) is 0 Å². The molecule has 0 saturated heterocycles. The molecule has 22 heavy (non-hydrogen) atoms. The second kappa shape index (κ2) is 7.12. The predicted octanol–water partition coefficient (Wildman–Crippen LogP) is 3.73. The van der Waals surface area contributed by atoms with Crippen molar-refractivity contribution in [3.05, 3.63) is 64.7 Å². The Balaban J connectivity index is 2.20. The van der Waals surface area contributed by atoms with Gasteiger partial charge in [-0.15, -0.1) is 0 Å². The first kappa shape index (κ1) is 16.1. The van der Waals surface area contributed by atoms with Crippen LogP contribution in [0.2, 0.25) is 0 Å². The van der Waals surface area contributed by atoms with Crippen LogP contribution in [0.4, 0.5) is 0 Å². The van der Waals surface area contributed by atoms with Gasteiger partial charge in [0.25, 0.3) is 0 Å². The van der Waals surface area contributed by atoms with Gasteiger partial charge >= 0.3 is 0 Å². The van der Waals surface area contributed by atoms with E-state index in [-0.39, 0.29) is 11.8 Å². The Morgan fingerprint density at radius 1 is 1.18 bits per heavy atom. The number of nitrogens with one attached hydrogen (secondary N) is 1. The van der Waals surface area contributed by atoms with E-state index in [9.17, 15) is 4.79 Å². The molecule has 0 aromatic heterocycles. The minimum absolute atomic E-state index is 0.0131. The summed E-state index contributed by atoms with van der Waals surface area (Å²) in [7, 11) is 1.66. The number of aryl methyl sites for hydroxylation is 2. The van der Waals surface area contributed by atoms with Crippen LogP contribution in [0.5, 0.6) is 5.75 Å². The Labute approximate surface area is 132 Å². The summed E-state index contributed by atoms with van der Waals surface area (Å²) < 4.78 is 5.98. The molecular formula is C19H23NO2. The third-order valence-corrected chi connectivity index (χ3v) is 3.89. The molecule has 1 atom stereocenters. The lowest BCUT2D eigenvalue weighted by Gasteiger charge is -2.16. The van der Waals surface area contributed by atoms with Crippen molar-refractivity contribution in [2.45, 2.75) is 33.3 Å². The zero-order valence-electron chi connectivity index (χ0n) is 13.6. The van der Waals surface area contributed by atoms with E-state index in [1.807, 2.05) is 51.1 Å². The van der Waals surface area contributed by atoms with Crippen molar-refractivity contribution in [2.75, 3.05) is 7.05 Å². The summed E-state index contributed by atoms with van der Waals surface area (Å²) >= 11 is 0. The van der Waals surface area contributed by atoms with Crippen molar-refractivity contribution in [1.82, 2.24) is 5.32 Å². The molecule has 0 unspecified atom stereocenters. The maximum Gasteiger partial charge on any atom is 0.227 e. The molecule has 2 aromatic rings. The van der Waals surface area contributed by atoms with Gasteiger partial charge < -0.3 is 10.1 Å². The molecule has 0 radical (unpaired) electrons. The fraction of sp³-hybridized carbons (Fsp3) is 0.316. The Morgan fingerprint density at radius 2 is 1.91 bits per heavy atom. The minimum atomic E-state index is -0.191. The van der Waals surface area contributed by atoms with E-state index < -0.39 is 0 Å². The molecule has 116 valence electrons. The highest BCUT2D eigenvalue weighted by Gasteiger charge is 2.17. The summed E-state index contributed by atoms with van der Waals surface area (Å²) in [6, 6.07) is 14.1. The molecular weight excluding hydrogens is 274 g/mol. The van der Waals surface area contributed by atoms with Gasteiger partial charge in [0.15, 0.2) is 0 Å². The van der Waals surface area contributed by atoms with Gasteiger partial charge in [0.05, 0.1) is 5.92 Å². The summed E-state index contributed by atoms with van der Waals surface area (Å²) in [5, 5.41) is 2.70. The number of carbonyl (C=O) groups is 1. The summed E-state index contributed by atoms with van der Waals surface area (Å²) in [6.45, 7) is 6.46. The molecule has 0 heterocycles. The van der Waals surface area contributed by atoms with Crippen LogP contribution in [-0.4, -0.2) is 13.0 Å². The topological polar surface area (TPSA) is 38.3 Å². The van der Waals surface area contributed by atoms with Crippen LogP contribution >= 0.6 is 0 Å². The molecule has 3 heteroatoms. The average Bonchev–Trinajstić information content (AvgIpc) is 2.54. The van der Waals surface area contributed by atoms with E-state index in [2.05, 4.69) is 17.4 Å². The van der Waals surface area contributed by atoms with Crippen LogP contribution in [0.1, 0.15) is 35.1 Å². The number of hydrogen-bond donors (Lipinski definition) is 1. The van der Waals surface area contributed by atoms with Crippen molar-refractivity contribution in [3.63, 3.8) is 0 Å². The summed E-state index contributed by atoms with van der Waals surface area (Å²) in [6.07, 6.45) is 0. The first-order chi connectivity index (χ1) is 10.5. The van der Waals surface area contributed by atoms with E-state index >= 15 is 0 Å². The molecule has 0 fully saturated rings. The molecule has 1 amide bonds. The highest BCUT2D eigenvalue weighted by molar-refractivity contribution is 5.83. The van der Waals surface area contributed by atoms with Gasteiger partial charge in [0, 0.05) is 7.05 Å². The number of rotatable bonds is 5. The zero-order chi connectivity index (χ0) is 16.1. The Bertz CT molecular complexity index is 664. The molecule has 2 aromatic carbocycles. The van der Waals surface area contributed by atoms with Crippen LogP contribution < -0.4 is 10.1 Å². The van der Waals surface area contributed by atoms with Crippen molar-refractivity contribution in [2.24, 2.45) is 0 Å². The maximum atomic E-state index is 11.9. The van der Waals surface area contributed by atoms with Gasteiger partial charge in [0.2, 0.25) is 5.91 Å². The van der Waals surface area contributed by atoms with Crippen molar-refractivity contribution >= 4 is 5.91 Å². The standard InChI is InChI=1S/C19H23NO2/c1-13-9-10-14(2)18(11-13)22-12-16-7-5-6-8-17(16)15(3)19(21)20-4/h5-11,15H,12H2,1-4H3,(H,20,21)/t15-/m1/s1. The van der Waals surface area contributed by atoms with Crippen LogP contribution in [0.25, 0.3) is 0 Å². The number of amides is 1. The number of benzene rings is 2. The molecule has 2 rings (SSSR count). The zero-order valence-corrected chi connectivity index (χ0v) is 13.6. The van der Waals surface area contributed by atoms with E-state index in [0.29, 0.717) is 6.61 Å². The van der Waals surface area contributed by atoms with E-state index in [0.717, 1.165) is 22.4 Å². The van der Waals surface area contributed by atoms with Gasteiger partial charge in [-0.05, 0) is 49.1 Å². The molecule has 0 aliphatic rings. The van der Waals surface area contributed by atoms with Crippen molar-refractivity contribution in [1.29, 1.82) is 0 Å². The van der Waals surface area contributed by atoms with Gasteiger partial charge in [-0.2, -0.15) is 0 Å². The Kier molecular flexibility index (Phi) is 5.21. The maximum absolute atomic E-state index is 11.9. The molecule has 0 aliphatic heterocycles. The van der Waals surface area contributed by atoms with Crippen molar-refractivity contribution < 1.29 is 9.53 Å². The molecule has 3 nitrogen and oxygen atoms in total. The summed E-state index contributed by atoms with van der Waals surface area (Å²) in [5.74, 6) is 0.713. The first-order valence-electron chi connectivity index (χ1n) is 7.52. The second-order valence-corrected chi connectivity index (χ2v) is 5.59. The molecule has 1 N–H and O–H groups in total. The Hall–Kier alpha value is -2.29. The SMILES string of the molecule is CNC(=O)[C@H](C)c1ccccc1COc1cc(C)ccc1C. The molecule has 0 aliphatic carbocycles. The number of hydrogen-bond acceptors (Lipinski definition) is 2. The summed E-state index contributed by atoms with van der Waals surface area (Å²) in [4.78, 5) is 11.9. The predicted molar refractivity (Wildman–Crippen MR) is 89.2 cm³/mol. The normalized spacial score (nSPS) is 11.8. The van der Waals surface area contributed by atoms with E-state index in [1.54, 1.807) is 7.05 Å². The molecule has 0 saturated carbocycles. The quantitative estimate of drug-likeness (QED) is 0.913. The smallest absolute Gasteiger partial charge is 0.227 e.